The molecule has 1 aliphatic heterocycles. The van der Waals surface area contributed by atoms with Crippen LogP contribution < -0.4 is 4.74 Å². The van der Waals surface area contributed by atoms with Crippen molar-refractivity contribution in [3.05, 3.63) is 60.4 Å². The maximum atomic E-state index is 13.1. The SMILES string of the molecule is O=C(O)CCC1CCN(C(=O)Cn2c(COc3ccccc3)nc3ccccc32)CC1. The molecule has 0 spiro atoms. The summed E-state index contributed by atoms with van der Waals surface area (Å²) in [6, 6.07) is 17.4. The Balaban J connectivity index is 1.43. The maximum Gasteiger partial charge on any atom is 0.303 e. The Morgan fingerprint density at radius 1 is 1.03 bits per heavy atom. The molecule has 1 N–H and O–H groups in total. The molecular formula is C24H27N3O4. The third kappa shape index (κ3) is 5.23. The molecule has 0 atom stereocenters. The van der Waals surface area contributed by atoms with Gasteiger partial charge in [-0.1, -0.05) is 30.3 Å². The summed E-state index contributed by atoms with van der Waals surface area (Å²) in [6.07, 6.45) is 2.59. The van der Waals surface area contributed by atoms with Crippen molar-refractivity contribution in [3.8, 4) is 5.75 Å². The van der Waals surface area contributed by atoms with Gasteiger partial charge in [0.25, 0.3) is 0 Å². The fourth-order valence-electron chi connectivity index (χ4n) is 4.11. The number of carboxylic acid groups (broad SMARTS) is 1. The van der Waals surface area contributed by atoms with Crippen LogP contribution in [0.3, 0.4) is 0 Å². The number of nitrogens with zero attached hydrogens (tertiary/aromatic N) is 3. The number of carbonyl (C=O) groups is 2. The van der Waals surface area contributed by atoms with Gasteiger partial charge in [0.1, 0.15) is 24.7 Å². The summed E-state index contributed by atoms with van der Waals surface area (Å²) in [5.41, 5.74) is 1.76. The first kappa shape index (κ1) is 20.9. The molecule has 1 fully saturated rings. The molecule has 7 nitrogen and oxygen atoms in total. The van der Waals surface area contributed by atoms with Crippen molar-refractivity contribution in [2.24, 2.45) is 5.92 Å². The third-order valence-corrected chi connectivity index (χ3v) is 5.87. The van der Waals surface area contributed by atoms with Crippen LogP contribution in [0.4, 0.5) is 0 Å². The molecule has 4 rings (SSSR count). The smallest absolute Gasteiger partial charge is 0.303 e. The van der Waals surface area contributed by atoms with Crippen LogP contribution in [0.5, 0.6) is 5.75 Å². The zero-order valence-electron chi connectivity index (χ0n) is 17.4. The van der Waals surface area contributed by atoms with Crippen LogP contribution in [0.1, 0.15) is 31.5 Å². The maximum absolute atomic E-state index is 13.1. The normalized spacial score (nSPS) is 14.6. The second-order valence-corrected chi connectivity index (χ2v) is 7.96. The fourth-order valence-corrected chi connectivity index (χ4v) is 4.11. The number of piperidine rings is 1. The summed E-state index contributed by atoms with van der Waals surface area (Å²) in [6.45, 7) is 1.84. The van der Waals surface area contributed by atoms with Crippen LogP contribution in [0.2, 0.25) is 0 Å². The molecule has 0 saturated carbocycles. The number of hydrogen-bond acceptors (Lipinski definition) is 4. The average molecular weight is 421 g/mol. The number of aromatic nitrogens is 2. The van der Waals surface area contributed by atoms with Gasteiger partial charge in [-0.25, -0.2) is 4.98 Å². The minimum absolute atomic E-state index is 0.0563. The Morgan fingerprint density at radius 3 is 2.48 bits per heavy atom. The lowest BCUT2D eigenvalue weighted by atomic mass is 9.92. The van der Waals surface area contributed by atoms with Gasteiger partial charge in [0.2, 0.25) is 5.91 Å². The minimum Gasteiger partial charge on any atom is -0.486 e. The van der Waals surface area contributed by atoms with E-state index in [1.807, 2.05) is 64.1 Å². The molecule has 162 valence electrons. The standard InChI is InChI=1S/C24H27N3O4/c28-23(26-14-12-18(13-15-26)10-11-24(29)30)16-27-21-9-5-4-8-20(21)25-22(27)17-31-19-6-2-1-3-7-19/h1-9,18H,10-17H2,(H,29,30). The number of aliphatic carboxylic acids is 1. The molecule has 1 amide bonds. The van der Waals surface area contributed by atoms with Crippen molar-refractivity contribution in [1.82, 2.24) is 14.5 Å². The summed E-state index contributed by atoms with van der Waals surface area (Å²) in [7, 11) is 0. The van der Waals surface area contributed by atoms with Gasteiger partial charge in [0.05, 0.1) is 11.0 Å². The monoisotopic (exact) mass is 421 g/mol. The summed E-state index contributed by atoms with van der Waals surface area (Å²) < 4.78 is 7.83. The van der Waals surface area contributed by atoms with E-state index in [0.29, 0.717) is 25.4 Å². The summed E-state index contributed by atoms with van der Waals surface area (Å²) >= 11 is 0. The molecule has 1 aromatic heterocycles. The molecular weight excluding hydrogens is 394 g/mol. The van der Waals surface area contributed by atoms with Crippen molar-refractivity contribution in [2.75, 3.05) is 13.1 Å². The lowest BCUT2D eigenvalue weighted by Crippen LogP contribution is -2.40. The molecule has 1 saturated heterocycles. The predicted molar refractivity (Wildman–Crippen MR) is 117 cm³/mol. The minimum atomic E-state index is -0.754. The first-order chi connectivity index (χ1) is 15.1. The molecule has 2 heterocycles. The first-order valence-electron chi connectivity index (χ1n) is 10.7. The van der Waals surface area contributed by atoms with Crippen LogP contribution >= 0.6 is 0 Å². The van der Waals surface area contributed by atoms with E-state index in [4.69, 9.17) is 14.8 Å². The highest BCUT2D eigenvalue weighted by molar-refractivity contribution is 5.81. The van der Waals surface area contributed by atoms with Crippen LogP contribution in [-0.4, -0.2) is 44.5 Å². The number of imidazole rings is 1. The highest BCUT2D eigenvalue weighted by atomic mass is 16.5. The number of para-hydroxylation sites is 3. The van der Waals surface area contributed by atoms with Crippen LogP contribution in [0, 0.1) is 5.92 Å². The number of carboxylic acids is 1. The molecule has 0 unspecified atom stereocenters. The van der Waals surface area contributed by atoms with E-state index in [9.17, 15) is 9.59 Å². The van der Waals surface area contributed by atoms with Gasteiger partial charge in [-0.3, -0.25) is 9.59 Å². The van der Waals surface area contributed by atoms with Gasteiger partial charge in [-0.05, 0) is 49.4 Å². The molecule has 2 aromatic carbocycles. The third-order valence-electron chi connectivity index (χ3n) is 5.87. The number of rotatable bonds is 8. The predicted octanol–water partition coefficient (Wildman–Crippen LogP) is 3.72. The summed E-state index contributed by atoms with van der Waals surface area (Å²) in [5, 5.41) is 8.87. The molecule has 7 heteroatoms. The van der Waals surface area contributed by atoms with E-state index < -0.39 is 5.97 Å². The Kier molecular flexibility index (Phi) is 6.50. The number of fused-ring (bicyclic) bond motifs is 1. The Bertz CT molecular complexity index is 1040. The highest BCUT2D eigenvalue weighted by Gasteiger charge is 2.24. The van der Waals surface area contributed by atoms with Gasteiger partial charge in [-0.15, -0.1) is 0 Å². The highest BCUT2D eigenvalue weighted by Crippen LogP contribution is 2.23. The Hall–Kier alpha value is -3.35. The van der Waals surface area contributed by atoms with Gasteiger partial charge in [0.15, 0.2) is 0 Å². The van der Waals surface area contributed by atoms with E-state index in [-0.39, 0.29) is 25.5 Å². The topological polar surface area (TPSA) is 84.7 Å². The summed E-state index contributed by atoms with van der Waals surface area (Å²) in [4.78, 5) is 30.4. The van der Waals surface area contributed by atoms with Crippen LogP contribution in [0.25, 0.3) is 11.0 Å². The van der Waals surface area contributed by atoms with Gasteiger partial charge in [-0.2, -0.15) is 0 Å². The van der Waals surface area contributed by atoms with Crippen LogP contribution in [-0.2, 0) is 22.7 Å². The van der Waals surface area contributed by atoms with Crippen molar-refractivity contribution in [1.29, 1.82) is 0 Å². The van der Waals surface area contributed by atoms with Crippen molar-refractivity contribution >= 4 is 22.9 Å². The average Bonchev–Trinajstić information content (AvgIpc) is 3.14. The van der Waals surface area contributed by atoms with E-state index >= 15 is 0 Å². The van der Waals surface area contributed by atoms with E-state index in [1.165, 1.54) is 0 Å². The number of benzene rings is 2. The molecule has 0 bridgehead atoms. The lowest BCUT2D eigenvalue weighted by Gasteiger charge is -2.32. The zero-order valence-corrected chi connectivity index (χ0v) is 17.4. The van der Waals surface area contributed by atoms with Gasteiger partial charge < -0.3 is 19.3 Å². The number of amides is 1. The second-order valence-electron chi connectivity index (χ2n) is 7.96. The number of hydrogen-bond donors (Lipinski definition) is 1. The Labute approximate surface area is 181 Å². The number of carbonyl (C=O) groups excluding carboxylic acids is 1. The van der Waals surface area contributed by atoms with Crippen molar-refractivity contribution in [3.63, 3.8) is 0 Å². The molecule has 0 aliphatic carbocycles. The number of likely N-dealkylation sites (tertiary alicyclic amines) is 1. The number of ether oxygens (including phenoxy) is 1. The fraction of sp³-hybridized carbons (Fsp3) is 0.375. The van der Waals surface area contributed by atoms with Gasteiger partial charge >= 0.3 is 5.97 Å². The molecule has 3 aromatic rings. The van der Waals surface area contributed by atoms with Crippen LogP contribution in [0.15, 0.2) is 54.6 Å². The largest absolute Gasteiger partial charge is 0.486 e. The van der Waals surface area contributed by atoms with E-state index in [0.717, 1.165) is 35.4 Å². The quantitative estimate of drug-likeness (QED) is 0.599. The lowest BCUT2D eigenvalue weighted by molar-refractivity contribution is -0.138. The Morgan fingerprint density at radius 2 is 1.74 bits per heavy atom. The molecule has 0 radical (unpaired) electrons. The molecule has 31 heavy (non-hydrogen) atoms. The summed E-state index contributed by atoms with van der Waals surface area (Å²) in [5.74, 6) is 1.16. The zero-order chi connectivity index (χ0) is 21.6. The first-order valence-corrected chi connectivity index (χ1v) is 10.7. The van der Waals surface area contributed by atoms with E-state index in [2.05, 4.69) is 0 Å². The molecule has 1 aliphatic rings. The van der Waals surface area contributed by atoms with Crippen molar-refractivity contribution < 1.29 is 19.4 Å². The van der Waals surface area contributed by atoms with E-state index in [1.54, 1.807) is 0 Å². The van der Waals surface area contributed by atoms with Crippen molar-refractivity contribution in [2.45, 2.75) is 38.8 Å². The van der Waals surface area contributed by atoms with Gasteiger partial charge in [0, 0.05) is 19.5 Å². The second kappa shape index (κ2) is 9.64.